The number of methoxy groups -OCH3 is 2. The molecule has 0 aromatic rings. The molecule has 0 spiro atoms. The molecule has 0 amide bonds. The summed E-state index contributed by atoms with van der Waals surface area (Å²) >= 11 is 0. The van der Waals surface area contributed by atoms with Crippen molar-refractivity contribution in [2.45, 2.75) is 19.6 Å². The molecule has 0 heterocycles. The molecule has 0 unspecified atom stereocenters. The van der Waals surface area contributed by atoms with Gasteiger partial charge in [0.2, 0.25) is 0 Å². The molecule has 0 radical (unpaired) electrons. The molecular formula is C10H16O3Si. The normalized spacial score (nSPS) is 11.4. The minimum absolute atomic E-state index is 0.262. The zero-order chi connectivity index (χ0) is 11.2. The average Bonchev–Trinajstić information content (AvgIpc) is 2.09. The molecule has 0 aliphatic carbocycles. The van der Waals surface area contributed by atoms with Crippen LogP contribution in [0.2, 0.25) is 19.6 Å². The van der Waals surface area contributed by atoms with Gasteiger partial charge in [0.05, 0.1) is 14.2 Å². The minimum Gasteiger partial charge on any atom is -0.503 e. The van der Waals surface area contributed by atoms with Crippen LogP contribution in [-0.2, 0) is 14.3 Å². The number of hydrogen-bond acceptors (Lipinski definition) is 3. The smallest absolute Gasteiger partial charge is 0.349 e. The van der Waals surface area contributed by atoms with Gasteiger partial charge in [0.15, 0.2) is 0 Å². The van der Waals surface area contributed by atoms with E-state index in [1.807, 2.05) is 0 Å². The standard InChI is InChI=1S/C10H16O3Si/c1-12-8-9(10(11)13-2)6-7-14(3,4)5/h8H,1-5H3/b9-8+. The fourth-order valence-corrected chi connectivity index (χ4v) is 1.12. The van der Waals surface area contributed by atoms with Crippen molar-refractivity contribution in [1.29, 1.82) is 0 Å². The van der Waals surface area contributed by atoms with Gasteiger partial charge < -0.3 is 9.47 Å². The Labute approximate surface area is 86.1 Å². The van der Waals surface area contributed by atoms with Crippen molar-refractivity contribution < 1.29 is 14.3 Å². The maximum atomic E-state index is 11.2. The molecule has 0 fully saturated rings. The summed E-state index contributed by atoms with van der Waals surface area (Å²) in [6.45, 7) is 6.30. The molecule has 0 saturated carbocycles. The van der Waals surface area contributed by atoms with Gasteiger partial charge >= 0.3 is 5.97 Å². The quantitative estimate of drug-likeness (QED) is 0.229. The van der Waals surface area contributed by atoms with E-state index in [1.165, 1.54) is 20.5 Å². The van der Waals surface area contributed by atoms with Gasteiger partial charge in [-0.1, -0.05) is 25.6 Å². The number of hydrogen-bond donors (Lipinski definition) is 0. The number of carbonyl (C=O) groups excluding carboxylic acids is 1. The van der Waals surface area contributed by atoms with Crippen molar-refractivity contribution in [2.24, 2.45) is 0 Å². The van der Waals surface area contributed by atoms with Gasteiger partial charge in [-0.25, -0.2) is 4.79 Å². The SMILES string of the molecule is CO/C=C(\C#C[Si](C)(C)C)C(=O)OC. The van der Waals surface area contributed by atoms with Gasteiger partial charge in [-0.15, -0.1) is 5.54 Å². The van der Waals surface area contributed by atoms with E-state index in [2.05, 4.69) is 35.8 Å². The van der Waals surface area contributed by atoms with Crippen LogP contribution in [0.5, 0.6) is 0 Å². The number of rotatable bonds is 2. The van der Waals surface area contributed by atoms with Crippen molar-refractivity contribution in [3.63, 3.8) is 0 Å². The predicted molar refractivity (Wildman–Crippen MR) is 58.2 cm³/mol. The third-order valence-corrected chi connectivity index (χ3v) is 2.09. The predicted octanol–water partition coefficient (Wildman–Crippen LogP) is 1.57. The molecule has 0 bridgehead atoms. The van der Waals surface area contributed by atoms with Crippen LogP contribution < -0.4 is 0 Å². The Morgan fingerprint density at radius 3 is 2.21 bits per heavy atom. The maximum absolute atomic E-state index is 11.2. The first kappa shape index (κ1) is 12.8. The van der Waals surface area contributed by atoms with Gasteiger partial charge in [0.1, 0.15) is 19.9 Å². The van der Waals surface area contributed by atoms with Crippen molar-refractivity contribution in [2.75, 3.05) is 14.2 Å². The lowest BCUT2D eigenvalue weighted by atomic mass is 10.3. The monoisotopic (exact) mass is 212 g/mol. The van der Waals surface area contributed by atoms with E-state index in [4.69, 9.17) is 4.74 Å². The van der Waals surface area contributed by atoms with Crippen LogP contribution >= 0.6 is 0 Å². The van der Waals surface area contributed by atoms with Crippen LogP contribution in [0.4, 0.5) is 0 Å². The Kier molecular flexibility index (Phi) is 5.03. The molecular weight excluding hydrogens is 196 g/mol. The van der Waals surface area contributed by atoms with E-state index in [0.29, 0.717) is 0 Å². The molecule has 78 valence electrons. The molecule has 0 aromatic heterocycles. The lowest BCUT2D eigenvalue weighted by Gasteiger charge is -2.04. The Morgan fingerprint density at radius 2 is 1.86 bits per heavy atom. The zero-order valence-electron chi connectivity index (χ0n) is 9.30. The summed E-state index contributed by atoms with van der Waals surface area (Å²) < 4.78 is 9.30. The summed E-state index contributed by atoms with van der Waals surface area (Å²) in [5.41, 5.74) is 3.32. The second kappa shape index (κ2) is 5.50. The van der Waals surface area contributed by atoms with Crippen LogP contribution in [0.25, 0.3) is 0 Å². The van der Waals surface area contributed by atoms with Gasteiger partial charge in [-0.3, -0.25) is 0 Å². The summed E-state index contributed by atoms with van der Waals surface area (Å²) in [5, 5.41) is 0. The zero-order valence-corrected chi connectivity index (χ0v) is 10.3. The molecule has 0 aliphatic heterocycles. The average molecular weight is 212 g/mol. The lowest BCUT2D eigenvalue weighted by Crippen LogP contribution is -2.17. The third kappa shape index (κ3) is 5.44. The van der Waals surface area contributed by atoms with Crippen LogP contribution in [-0.4, -0.2) is 28.3 Å². The molecule has 0 saturated heterocycles. The van der Waals surface area contributed by atoms with Crippen molar-refractivity contribution in [3.8, 4) is 11.5 Å². The molecule has 4 heteroatoms. The summed E-state index contributed by atoms with van der Waals surface area (Å²) in [6.07, 6.45) is 1.30. The van der Waals surface area contributed by atoms with Crippen molar-refractivity contribution in [3.05, 3.63) is 11.8 Å². The van der Waals surface area contributed by atoms with Gasteiger partial charge in [-0.05, 0) is 0 Å². The molecule has 0 N–H and O–H groups in total. The van der Waals surface area contributed by atoms with E-state index in [1.54, 1.807) is 0 Å². The topological polar surface area (TPSA) is 35.5 Å². The Bertz CT molecular complexity index is 289. The van der Waals surface area contributed by atoms with Crippen molar-refractivity contribution in [1.82, 2.24) is 0 Å². The fourth-order valence-electron chi connectivity index (χ4n) is 0.611. The minimum atomic E-state index is -1.47. The van der Waals surface area contributed by atoms with E-state index in [-0.39, 0.29) is 5.57 Å². The van der Waals surface area contributed by atoms with E-state index >= 15 is 0 Å². The van der Waals surface area contributed by atoms with Gasteiger partial charge in [0.25, 0.3) is 0 Å². The largest absolute Gasteiger partial charge is 0.503 e. The van der Waals surface area contributed by atoms with Crippen molar-refractivity contribution >= 4 is 14.0 Å². The highest BCUT2D eigenvalue weighted by Gasteiger charge is 2.11. The molecule has 0 aromatic carbocycles. The molecule has 0 aliphatic rings. The van der Waals surface area contributed by atoms with E-state index in [9.17, 15) is 4.79 Å². The number of esters is 1. The van der Waals surface area contributed by atoms with Gasteiger partial charge in [0, 0.05) is 0 Å². The second-order valence-electron chi connectivity index (χ2n) is 3.76. The highest BCUT2D eigenvalue weighted by Crippen LogP contribution is 2.00. The summed E-state index contributed by atoms with van der Waals surface area (Å²) in [6, 6.07) is 0. The van der Waals surface area contributed by atoms with Crippen LogP contribution in [0, 0.1) is 11.5 Å². The molecule has 3 nitrogen and oxygen atoms in total. The Morgan fingerprint density at radius 1 is 1.29 bits per heavy atom. The van der Waals surface area contributed by atoms with Crippen LogP contribution in [0.1, 0.15) is 0 Å². The highest BCUT2D eigenvalue weighted by molar-refractivity contribution is 6.83. The van der Waals surface area contributed by atoms with Gasteiger partial charge in [-0.2, -0.15) is 0 Å². The Balaban J connectivity index is 4.77. The van der Waals surface area contributed by atoms with Crippen LogP contribution in [0.3, 0.4) is 0 Å². The molecule has 0 rings (SSSR count). The fraction of sp³-hybridized carbons (Fsp3) is 0.500. The first-order valence-corrected chi connectivity index (χ1v) is 7.75. The van der Waals surface area contributed by atoms with Crippen LogP contribution in [0.15, 0.2) is 11.8 Å². The Hall–Kier alpha value is -1.21. The summed E-state index contributed by atoms with van der Waals surface area (Å²) in [4.78, 5) is 11.2. The summed E-state index contributed by atoms with van der Waals surface area (Å²) in [7, 11) is 1.32. The van der Waals surface area contributed by atoms with E-state index < -0.39 is 14.0 Å². The third-order valence-electron chi connectivity index (χ3n) is 1.21. The number of ether oxygens (including phenoxy) is 2. The summed E-state index contributed by atoms with van der Waals surface area (Å²) in [5.74, 6) is 2.32. The first-order valence-electron chi connectivity index (χ1n) is 4.25. The molecule has 14 heavy (non-hydrogen) atoms. The van der Waals surface area contributed by atoms with E-state index in [0.717, 1.165) is 0 Å². The molecule has 0 atom stereocenters. The highest BCUT2D eigenvalue weighted by atomic mass is 28.3. The lowest BCUT2D eigenvalue weighted by molar-refractivity contribution is -0.135. The second-order valence-corrected chi connectivity index (χ2v) is 8.51. The maximum Gasteiger partial charge on any atom is 0.349 e. The number of carbonyl (C=O) groups is 1. The first-order chi connectivity index (χ1) is 6.40.